The number of nitrogens with one attached hydrogen (secondary N) is 1. The molecular formula is C16H20N2O3. The van der Waals surface area contributed by atoms with Crippen LogP contribution in [0.4, 0.5) is 0 Å². The third-order valence-electron chi connectivity index (χ3n) is 3.07. The number of carbonyl (C=O) groups is 1. The van der Waals surface area contributed by atoms with Crippen molar-refractivity contribution in [1.82, 2.24) is 10.3 Å². The van der Waals surface area contributed by atoms with E-state index in [1.54, 1.807) is 0 Å². The van der Waals surface area contributed by atoms with Crippen molar-refractivity contribution < 1.29 is 13.9 Å². The topological polar surface area (TPSA) is 64.4 Å². The maximum absolute atomic E-state index is 11.7. The molecule has 0 aliphatic rings. The average molecular weight is 288 g/mol. The molecule has 5 heteroatoms. The molecule has 0 saturated carbocycles. The van der Waals surface area contributed by atoms with Gasteiger partial charge in [0.1, 0.15) is 11.5 Å². The Morgan fingerprint density at radius 3 is 2.71 bits per heavy atom. The summed E-state index contributed by atoms with van der Waals surface area (Å²) in [4.78, 5) is 15.9. The number of rotatable bonds is 7. The van der Waals surface area contributed by atoms with E-state index >= 15 is 0 Å². The van der Waals surface area contributed by atoms with Crippen LogP contribution in [0.3, 0.4) is 0 Å². The van der Waals surface area contributed by atoms with E-state index in [9.17, 15) is 4.79 Å². The maximum atomic E-state index is 11.7. The number of oxazole rings is 1. The number of benzene rings is 1. The van der Waals surface area contributed by atoms with Crippen molar-refractivity contribution in [3.63, 3.8) is 0 Å². The Morgan fingerprint density at radius 2 is 2.05 bits per heavy atom. The lowest BCUT2D eigenvalue weighted by Gasteiger charge is -2.06. The van der Waals surface area contributed by atoms with Gasteiger partial charge in [-0.05, 0) is 32.4 Å². The third-order valence-corrected chi connectivity index (χ3v) is 3.07. The minimum absolute atomic E-state index is 0.0276. The lowest BCUT2D eigenvalue weighted by molar-refractivity contribution is -0.121. The molecule has 0 aliphatic heterocycles. The maximum Gasteiger partial charge on any atom is 0.220 e. The van der Waals surface area contributed by atoms with Gasteiger partial charge in [-0.15, -0.1) is 0 Å². The van der Waals surface area contributed by atoms with E-state index in [1.165, 1.54) is 0 Å². The summed E-state index contributed by atoms with van der Waals surface area (Å²) < 4.78 is 10.9. The number of carbonyl (C=O) groups excluding carboxylic acids is 1. The van der Waals surface area contributed by atoms with Gasteiger partial charge in [0.2, 0.25) is 11.8 Å². The zero-order valence-corrected chi connectivity index (χ0v) is 12.4. The number of nitrogens with zero attached hydrogens (tertiary/aromatic N) is 1. The van der Waals surface area contributed by atoms with E-state index in [4.69, 9.17) is 9.15 Å². The first-order valence-corrected chi connectivity index (χ1v) is 7.02. The van der Waals surface area contributed by atoms with Gasteiger partial charge in [-0.2, -0.15) is 0 Å². The fourth-order valence-corrected chi connectivity index (χ4v) is 1.82. The van der Waals surface area contributed by atoms with E-state index < -0.39 is 0 Å². The highest BCUT2D eigenvalue weighted by molar-refractivity contribution is 5.75. The molecule has 1 aromatic carbocycles. The number of hydrogen-bond acceptors (Lipinski definition) is 4. The van der Waals surface area contributed by atoms with Gasteiger partial charge in [-0.25, -0.2) is 4.98 Å². The second-order valence-electron chi connectivity index (χ2n) is 4.79. The summed E-state index contributed by atoms with van der Waals surface area (Å²) in [5.74, 6) is 2.12. The fourth-order valence-electron chi connectivity index (χ4n) is 1.82. The predicted molar refractivity (Wildman–Crippen MR) is 79.0 cm³/mol. The van der Waals surface area contributed by atoms with Crippen molar-refractivity contribution in [2.45, 2.75) is 33.2 Å². The molecule has 112 valence electrons. The third kappa shape index (κ3) is 4.95. The molecular weight excluding hydrogens is 268 g/mol. The van der Waals surface area contributed by atoms with Gasteiger partial charge in [-0.3, -0.25) is 4.79 Å². The Labute approximate surface area is 124 Å². The van der Waals surface area contributed by atoms with Crippen molar-refractivity contribution in [3.05, 3.63) is 47.7 Å². The first-order valence-electron chi connectivity index (χ1n) is 7.02. The predicted octanol–water partition coefficient (Wildman–Crippen LogP) is 2.77. The second kappa shape index (κ2) is 7.47. The summed E-state index contributed by atoms with van der Waals surface area (Å²) in [6.45, 7) is 4.58. The molecule has 0 unspecified atom stereocenters. The monoisotopic (exact) mass is 288 g/mol. The van der Waals surface area contributed by atoms with Gasteiger partial charge < -0.3 is 14.5 Å². The molecule has 1 heterocycles. The molecule has 0 fully saturated rings. The summed E-state index contributed by atoms with van der Waals surface area (Å²) in [5.41, 5.74) is 0.857. The molecule has 1 N–H and O–H groups in total. The van der Waals surface area contributed by atoms with Crippen molar-refractivity contribution >= 4 is 5.91 Å². The van der Waals surface area contributed by atoms with E-state index in [1.807, 2.05) is 44.2 Å². The minimum atomic E-state index is -0.0276. The van der Waals surface area contributed by atoms with E-state index in [2.05, 4.69) is 10.3 Å². The van der Waals surface area contributed by atoms with Crippen LogP contribution in [-0.2, 0) is 11.3 Å². The highest BCUT2D eigenvalue weighted by Gasteiger charge is 2.07. The molecule has 0 spiro atoms. The number of ether oxygens (including phenoxy) is 1. The number of hydrogen-bond donors (Lipinski definition) is 1. The number of aromatic nitrogens is 1. The number of aryl methyl sites for hydroxylation is 2. The molecule has 0 saturated heterocycles. The molecule has 0 radical (unpaired) electrons. The van der Waals surface area contributed by atoms with Crippen LogP contribution in [0, 0.1) is 13.8 Å². The zero-order chi connectivity index (χ0) is 15.1. The zero-order valence-electron chi connectivity index (χ0n) is 12.4. The lowest BCUT2D eigenvalue weighted by Crippen LogP contribution is -2.23. The van der Waals surface area contributed by atoms with Crippen LogP contribution in [0.5, 0.6) is 5.75 Å². The van der Waals surface area contributed by atoms with Gasteiger partial charge in [-0.1, -0.05) is 18.2 Å². The van der Waals surface area contributed by atoms with Gasteiger partial charge in [0.15, 0.2) is 0 Å². The fraction of sp³-hybridized carbons (Fsp3) is 0.375. The van der Waals surface area contributed by atoms with Crippen LogP contribution in [0.1, 0.15) is 30.2 Å². The van der Waals surface area contributed by atoms with Gasteiger partial charge in [0, 0.05) is 6.42 Å². The molecule has 2 rings (SSSR count). The molecule has 1 amide bonds. The van der Waals surface area contributed by atoms with Crippen LogP contribution in [0.25, 0.3) is 0 Å². The molecule has 0 bridgehead atoms. The van der Waals surface area contributed by atoms with Crippen molar-refractivity contribution in [2.75, 3.05) is 6.61 Å². The van der Waals surface area contributed by atoms with Gasteiger partial charge >= 0.3 is 0 Å². The van der Waals surface area contributed by atoms with Crippen LogP contribution in [0.2, 0.25) is 0 Å². The first-order chi connectivity index (χ1) is 10.1. The van der Waals surface area contributed by atoms with Crippen LogP contribution in [-0.4, -0.2) is 17.5 Å². The number of para-hydroxylation sites is 1. The number of amides is 1. The Hall–Kier alpha value is -2.30. The van der Waals surface area contributed by atoms with Gasteiger partial charge in [0.05, 0.1) is 18.8 Å². The average Bonchev–Trinajstić information content (AvgIpc) is 2.81. The molecule has 21 heavy (non-hydrogen) atoms. The summed E-state index contributed by atoms with van der Waals surface area (Å²) in [7, 11) is 0. The molecule has 2 aromatic rings. The molecule has 0 atom stereocenters. The Kier molecular flexibility index (Phi) is 5.37. The van der Waals surface area contributed by atoms with Crippen molar-refractivity contribution in [2.24, 2.45) is 0 Å². The van der Waals surface area contributed by atoms with E-state index in [0.717, 1.165) is 17.2 Å². The van der Waals surface area contributed by atoms with Crippen LogP contribution < -0.4 is 10.1 Å². The van der Waals surface area contributed by atoms with Crippen molar-refractivity contribution in [1.29, 1.82) is 0 Å². The van der Waals surface area contributed by atoms with Crippen molar-refractivity contribution in [3.8, 4) is 5.75 Å². The lowest BCUT2D eigenvalue weighted by atomic mass is 10.3. The second-order valence-corrected chi connectivity index (χ2v) is 4.79. The minimum Gasteiger partial charge on any atom is -0.494 e. The smallest absolute Gasteiger partial charge is 0.220 e. The van der Waals surface area contributed by atoms with E-state index in [0.29, 0.717) is 31.9 Å². The molecule has 1 aromatic heterocycles. The SMILES string of the molecule is Cc1nc(CNC(=O)CCCOc2ccccc2)oc1C. The van der Waals surface area contributed by atoms with Crippen LogP contribution >= 0.6 is 0 Å². The largest absolute Gasteiger partial charge is 0.494 e. The summed E-state index contributed by atoms with van der Waals surface area (Å²) in [5, 5.41) is 2.79. The Balaban J connectivity index is 1.61. The quantitative estimate of drug-likeness (QED) is 0.796. The molecule has 0 aliphatic carbocycles. The van der Waals surface area contributed by atoms with E-state index in [-0.39, 0.29) is 5.91 Å². The standard InChI is InChI=1S/C16H20N2O3/c1-12-13(2)21-16(18-12)11-17-15(19)9-6-10-20-14-7-4-3-5-8-14/h3-5,7-8H,6,9-11H2,1-2H3,(H,17,19). The normalized spacial score (nSPS) is 10.4. The Bertz CT molecular complexity index is 559. The van der Waals surface area contributed by atoms with Crippen LogP contribution in [0.15, 0.2) is 34.7 Å². The highest BCUT2D eigenvalue weighted by atomic mass is 16.5. The Morgan fingerprint density at radius 1 is 1.29 bits per heavy atom. The summed E-state index contributed by atoms with van der Waals surface area (Å²) in [6.07, 6.45) is 1.09. The first kappa shape index (κ1) is 15.1. The van der Waals surface area contributed by atoms with Gasteiger partial charge in [0.25, 0.3) is 0 Å². The molecule has 5 nitrogen and oxygen atoms in total. The summed E-state index contributed by atoms with van der Waals surface area (Å²) >= 11 is 0. The highest BCUT2D eigenvalue weighted by Crippen LogP contribution is 2.09. The summed E-state index contributed by atoms with van der Waals surface area (Å²) in [6, 6.07) is 9.57.